The number of amides is 1. The quantitative estimate of drug-likeness (QED) is 0.610. The van der Waals surface area contributed by atoms with Gasteiger partial charge in [0.2, 0.25) is 0 Å². The first-order chi connectivity index (χ1) is 13.0. The lowest BCUT2D eigenvalue weighted by molar-refractivity contribution is -0.133. The minimum absolute atomic E-state index is 0.217. The van der Waals surface area contributed by atoms with Gasteiger partial charge in [-0.3, -0.25) is 4.79 Å². The van der Waals surface area contributed by atoms with E-state index in [2.05, 4.69) is 5.32 Å². The van der Waals surface area contributed by atoms with Crippen molar-refractivity contribution < 1.29 is 14.6 Å². The van der Waals surface area contributed by atoms with Crippen molar-refractivity contribution in [1.82, 2.24) is 0 Å². The van der Waals surface area contributed by atoms with E-state index >= 15 is 0 Å². The SMILES string of the molecule is Nc1ccc(OCc2ccc3c(c2)C(O)(Cc2ccccc2)C(=O)N3)cc1. The summed E-state index contributed by atoms with van der Waals surface area (Å²) in [4.78, 5) is 12.5. The van der Waals surface area contributed by atoms with E-state index in [9.17, 15) is 9.90 Å². The van der Waals surface area contributed by atoms with Gasteiger partial charge in [-0.25, -0.2) is 0 Å². The van der Waals surface area contributed by atoms with Crippen LogP contribution in [-0.4, -0.2) is 11.0 Å². The predicted molar refractivity (Wildman–Crippen MR) is 104 cm³/mol. The molecule has 1 aliphatic heterocycles. The molecule has 0 saturated heterocycles. The third-order valence-corrected chi connectivity index (χ3v) is 4.74. The molecule has 3 aromatic rings. The Hall–Kier alpha value is -3.31. The maximum atomic E-state index is 12.5. The van der Waals surface area contributed by atoms with Crippen molar-refractivity contribution in [2.24, 2.45) is 0 Å². The van der Waals surface area contributed by atoms with Crippen LogP contribution in [0, 0.1) is 0 Å². The lowest BCUT2D eigenvalue weighted by Crippen LogP contribution is -2.36. The number of anilines is 2. The van der Waals surface area contributed by atoms with Crippen LogP contribution >= 0.6 is 0 Å². The van der Waals surface area contributed by atoms with Crippen LogP contribution < -0.4 is 15.8 Å². The average molecular weight is 360 g/mol. The summed E-state index contributed by atoms with van der Waals surface area (Å²) in [7, 11) is 0. The Morgan fingerprint density at radius 1 is 0.963 bits per heavy atom. The molecule has 0 aromatic heterocycles. The van der Waals surface area contributed by atoms with Gasteiger partial charge in [-0.1, -0.05) is 36.4 Å². The molecule has 1 atom stereocenters. The van der Waals surface area contributed by atoms with Gasteiger partial charge in [0, 0.05) is 23.4 Å². The van der Waals surface area contributed by atoms with Crippen LogP contribution in [0.3, 0.4) is 0 Å². The highest BCUT2D eigenvalue weighted by molar-refractivity contribution is 6.05. The van der Waals surface area contributed by atoms with Crippen molar-refractivity contribution in [2.45, 2.75) is 18.6 Å². The van der Waals surface area contributed by atoms with Crippen molar-refractivity contribution in [1.29, 1.82) is 0 Å². The van der Waals surface area contributed by atoms with Crippen LogP contribution in [0.5, 0.6) is 5.75 Å². The zero-order valence-electron chi connectivity index (χ0n) is 14.7. The highest BCUT2D eigenvalue weighted by Crippen LogP contribution is 2.39. The summed E-state index contributed by atoms with van der Waals surface area (Å²) in [5.41, 5.74) is 7.74. The minimum Gasteiger partial charge on any atom is -0.489 e. The van der Waals surface area contributed by atoms with Gasteiger partial charge in [-0.05, 0) is 47.5 Å². The van der Waals surface area contributed by atoms with Gasteiger partial charge < -0.3 is 20.9 Å². The molecule has 0 fully saturated rings. The van der Waals surface area contributed by atoms with E-state index in [0.717, 1.165) is 11.1 Å². The zero-order chi connectivity index (χ0) is 18.9. The number of nitrogens with two attached hydrogens (primary N) is 1. The Kier molecular flexibility index (Phi) is 4.30. The molecule has 1 heterocycles. The lowest BCUT2D eigenvalue weighted by Gasteiger charge is -2.21. The first-order valence-electron chi connectivity index (χ1n) is 8.74. The molecule has 0 radical (unpaired) electrons. The van der Waals surface area contributed by atoms with Crippen molar-refractivity contribution in [3.05, 3.63) is 89.5 Å². The highest BCUT2D eigenvalue weighted by Gasteiger charge is 2.45. The number of nitrogens with one attached hydrogen (secondary N) is 1. The fourth-order valence-corrected chi connectivity index (χ4v) is 3.28. The number of fused-ring (bicyclic) bond motifs is 1. The normalized spacial score (nSPS) is 18.0. The van der Waals surface area contributed by atoms with Crippen molar-refractivity contribution in [3.63, 3.8) is 0 Å². The number of ether oxygens (including phenoxy) is 1. The van der Waals surface area contributed by atoms with Crippen molar-refractivity contribution >= 4 is 17.3 Å². The molecule has 3 aromatic carbocycles. The van der Waals surface area contributed by atoms with Gasteiger partial charge in [0.1, 0.15) is 12.4 Å². The second-order valence-corrected chi connectivity index (χ2v) is 6.71. The Balaban J connectivity index is 1.57. The average Bonchev–Trinajstić information content (AvgIpc) is 2.92. The smallest absolute Gasteiger partial charge is 0.261 e. The van der Waals surface area contributed by atoms with E-state index < -0.39 is 11.5 Å². The van der Waals surface area contributed by atoms with Gasteiger partial charge >= 0.3 is 0 Å². The Labute approximate surface area is 157 Å². The number of hydrogen-bond acceptors (Lipinski definition) is 4. The number of aliphatic hydroxyl groups is 1. The second-order valence-electron chi connectivity index (χ2n) is 6.71. The number of benzene rings is 3. The summed E-state index contributed by atoms with van der Waals surface area (Å²) in [6.07, 6.45) is 0.217. The molecule has 4 N–H and O–H groups in total. The first kappa shape index (κ1) is 17.1. The molecule has 0 bridgehead atoms. The van der Waals surface area contributed by atoms with Crippen LogP contribution in [0.25, 0.3) is 0 Å². The van der Waals surface area contributed by atoms with E-state index in [4.69, 9.17) is 10.5 Å². The molecule has 136 valence electrons. The van der Waals surface area contributed by atoms with Crippen LogP contribution in [0.1, 0.15) is 16.7 Å². The van der Waals surface area contributed by atoms with E-state index in [1.54, 1.807) is 30.3 Å². The largest absolute Gasteiger partial charge is 0.489 e. The van der Waals surface area contributed by atoms with Crippen molar-refractivity contribution in [2.75, 3.05) is 11.1 Å². The second kappa shape index (κ2) is 6.78. The monoisotopic (exact) mass is 360 g/mol. The summed E-state index contributed by atoms with van der Waals surface area (Å²) in [5, 5.41) is 13.9. The van der Waals surface area contributed by atoms with Crippen LogP contribution in [0.4, 0.5) is 11.4 Å². The molecular formula is C22H20N2O3. The molecule has 1 unspecified atom stereocenters. The number of carbonyl (C=O) groups excluding carboxylic acids is 1. The zero-order valence-corrected chi connectivity index (χ0v) is 14.7. The fraction of sp³-hybridized carbons (Fsp3) is 0.136. The summed E-state index contributed by atoms with van der Waals surface area (Å²) < 4.78 is 5.78. The topological polar surface area (TPSA) is 84.6 Å². The summed E-state index contributed by atoms with van der Waals surface area (Å²) in [5.74, 6) is 0.302. The maximum absolute atomic E-state index is 12.5. The Bertz CT molecular complexity index is 971. The molecule has 0 saturated carbocycles. The van der Waals surface area contributed by atoms with Gasteiger partial charge in [0.05, 0.1) is 0 Å². The van der Waals surface area contributed by atoms with Crippen LogP contribution in [-0.2, 0) is 23.4 Å². The molecule has 1 amide bonds. The van der Waals surface area contributed by atoms with E-state index in [1.165, 1.54) is 0 Å². The number of hydrogen-bond donors (Lipinski definition) is 3. The molecule has 1 aliphatic rings. The van der Waals surface area contributed by atoms with Gasteiger partial charge in [-0.15, -0.1) is 0 Å². The first-order valence-corrected chi connectivity index (χ1v) is 8.74. The fourth-order valence-electron chi connectivity index (χ4n) is 3.28. The maximum Gasteiger partial charge on any atom is 0.261 e. The van der Waals surface area contributed by atoms with E-state index in [0.29, 0.717) is 29.3 Å². The third kappa shape index (κ3) is 3.37. The van der Waals surface area contributed by atoms with Crippen LogP contribution in [0.2, 0.25) is 0 Å². The molecule has 0 spiro atoms. The number of carbonyl (C=O) groups is 1. The molecule has 5 nitrogen and oxygen atoms in total. The van der Waals surface area contributed by atoms with E-state index in [-0.39, 0.29) is 6.42 Å². The standard InChI is InChI=1S/C22H20N2O3/c23-17-7-9-18(10-8-17)27-14-16-6-11-20-19(12-16)22(26,21(25)24-20)13-15-4-2-1-3-5-15/h1-12,26H,13-14,23H2,(H,24,25). The van der Waals surface area contributed by atoms with Gasteiger partial charge in [-0.2, -0.15) is 0 Å². The predicted octanol–water partition coefficient (Wildman–Crippen LogP) is 3.23. The van der Waals surface area contributed by atoms with E-state index in [1.807, 2.05) is 42.5 Å². The molecule has 5 heteroatoms. The summed E-state index contributed by atoms with van der Waals surface area (Å²) in [6.45, 7) is 0.326. The highest BCUT2D eigenvalue weighted by atomic mass is 16.5. The number of nitrogen functional groups attached to an aromatic ring is 1. The molecule has 27 heavy (non-hydrogen) atoms. The molecule has 4 rings (SSSR count). The number of rotatable bonds is 5. The third-order valence-electron chi connectivity index (χ3n) is 4.74. The summed E-state index contributed by atoms with van der Waals surface area (Å²) in [6, 6.07) is 22.2. The minimum atomic E-state index is -1.59. The summed E-state index contributed by atoms with van der Waals surface area (Å²) >= 11 is 0. The van der Waals surface area contributed by atoms with Crippen molar-refractivity contribution in [3.8, 4) is 5.75 Å². The Morgan fingerprint density at radius 3 is 2.44 bits per heavy atom. The van der Waals surface area contributed by atoms with Gasteiger partial charge in [0.15, 0.2) is 5.60 Å². The van der Waals surface area contributed by atoms with Crippen LogP contribution in [0.15, 0.2) is 72.8 Å². The lowest BCUT2D eigenvalue weighted by atomic mass is 9.87. The molecule has 0 aliphatic carbocycles. The molecular weight excluding hydrogens is 340 g/mol. The van der Waals surface area contributed by atoms with Gasteiger partial charge in [0.25, 0.3) is 5.91 Å². The Morgan fingerprint density at radius 2 is 1.70 bits per heavy atom.